The molecule has 1 atom stereocenters. The van der Waals surface area contributed by atoms with E-state index in [0.29, 0.717) is 0 Å². The van der Waals surface area contributed by atoms with Crippen LogP contribution in [0.2, 0.25) is 0 Å². The van der Waals surface area contributed by atoms with Crippen molar-refractivity contribution in [1.82, 2.24) is 0 Å². The van der Waals surface area contributed by atoms with Gasteiger partial charge in [0.05, 0.1) is 11.2 Å². The second kappa shape index (κ2) is 8.24. The molecule has 0 aromatic carbocycles. The van der Waals surface area contributed by atoms with Crippen LogP contribution in [0.3, 0.4) is 0 Å². The maximum Gasteiger partial charge on any atom is 0.430 e. The van der Waals surface area contributed by atoms with Gasteiger partial charge in [-0.2, -0.15) is 17.2 Å². The molecule has 2 rings (SSSR count). The Bertz CT molecular complexity index is 1040. The summed E-state index contributed by atoms with van der Waals surface area (Å²) in [5.74, 6) is -1.57. The summed E-state index contributed by atoms with van der Waals surface area (Å²) < 4.78 is 66.8. The average molecular weight is 468 g/mol. The molecule has 0 aliphatic carbocycles. The van der Waals surface area contributed by atoms with Gasteiger partial charge in [-0.3, -0.25) is 4.55 Å². The zero-order valence-corrected chi connectivity index (χ0v) is 18.3. The minimum atomic E-state index is -6.06. The van der Waals surface area contributed by atoms with Crippen LogP contribution in [0.25, 0.3) is 11.2 Å². The number of benzene rings is 1. The molecule has 0 saturated carbocycles. The summed E-state index contributed by atoms with van der Waals surface area (Å²) in [5, 5.41) is 26.4. The molecule has 2 bridgehead atoms. The number of hydrogen-bond acceptors (Lipinski definition) is 8. The van der Waals surface area contributed by atoms with Gasteiger partial charge in [0.15, 0.2) is 0 Å². The molecule has 0 saturated heterocycles. The summed E-state index contributed by atoms with van der Waals surface area (Å²) in [5.41, 5.74) is -3.25. The molecular formula is C19H26F2O9S. The normalized spacial score (nSPS) is 14.9. The van der Waals surface area contributed by atoms with E-state index in [4.69, 9.17) is 8.97 Å². The van der Waals surface area contributed by atoms with E-state index in [9.17, 15) is 37.3 Å². The molecule has 12 heteroatoms. The van der Waals surface area contributed by atoms with Gasteiger partial charge in [-0.25, -0.2) is 4.79 Å². The summed E-state index contributed by atoms with van der Waals surface area (Å²) in [4.78, 5) is 12.4. The van der Waals surface area contributed by atoms with Gasteiger partial charge in [-0.05, 0) is 31.7 Å². The fourth-order valence-electron chi connectivity index (χ4n) is 3.56. The Morgan fingerprint density at radius 1 is 1.06 bits per heavy atom. The molecule has 0 spiro atoms. The highest BCUT2D eigenvalue weighted by atomic mass is 32.2. The molecule has 9 nitrogen and oxygen atoms in total. The Labute approximate surface area is 177 Å². The predicted octanol–water partition coefficient (Wildman–Crippen LogP) is 2.84. The first-order valence-electron chi connectivity index (χ1n) is 9.71. The van der Waals surface area contributed by atoms with Crippen molar-refractivity contribution in [2.75, 3.05) is 0 Å². The highest BCUT2D eigenvalue weighted by Gasteiger charge is 2.54. The van der Waals surface area contributed by atoms with Crippen LogP contribution >= 0.6 is 0 Å². The Hall–Kier alpha value is -1.86. The van der Waals surface area contributed by atoms with Crippen LogP contribution in [0.1, 0.15) is 74.9 Å². The van der Waals surface area contributed by atoms with E-state index < -0.39 is 44.4 Å². The maximum atomic E-state index is 13.5. The Kier molecular flexibility index (Phi) is 6.76. The van der Waals surface area contributed by atoms with Crippen LogP contribution in [-0.2, 0) is 26.1 Å². The average Bonchev–Trinajstić information content (AvgIpc) is 3.31. The van der Waals surface area contributed by atoms with E-state index in [2.05, 4.69) is 4.74 Å². The number of aliphatic hydroxyl groups is 3. The highest BCUT2D eigenvalue weighted by Crippen LogP contribution is 2.48. The molecule has 4 N–H and O–H groups in total. The SMILES string of the molecule is CCC(O)(CC)c1c(C(O)(CC)CC)c2oc1cc2C(=O)OC(O)C(F)(F)S(=O)(=O)O. The van der Waals surface area contributed by atoms with Crippen molar-refractivity contribution in [3.63, 3.8) is 0 Å². The number of carbonyl (C=O) groups excluding carboxylic acids is 1. The number of fused-ring (bicyclic) bond motifs is 2. The van der Waals surface area contributed by atoms with Crippen molar-refractivity contribution in [2.45, 2.75) is 76.1 Å². The molecule has 2 heterocycles. The van der Waals surface area contributed by atoms with E-state index in [-0.39, 0.29) is 48.0 Å². The number of ether oxygens (including phenoxy) is 1. The summed E-state index contributed by atoms with van der Waals surface area (Å²) in [6.07, 6.45) is -2.67. The van der Waals surface area contributed by atoms with Gasteiger partial charge in [0.1, 0.15) is 16.7 Å². The monoisotopic (exact) mass is 468 g/mol. The fourth-order valence-corrected chi connectivity index (χ4v) is 3.87. The third-order valence-electron chi connectivity index (χ3n) is 5.80. The second-order valence-electron chi connectivity index (χ2n) is 7.38. The van der Waals surface area contributed by atoms with Crippen LogP contribution in [0, 0.1) is 0 Å². The maximum absolute atomic E-state index is 13.5. The summed E-state index contributed by atoms with van der Waals surface area (Å²) in [6.45, 7) is 6.77. The zero-order chi connectivity index (χ0) is 24.0. The molecule has 176 valence electrons. The smallest absolute Gasteiger partial charge is 0.430 e. The summed E-state index contributed by atoms with van der Waals surface area (Å²) >= 11 is 0. The molecule has 0 fully saturated rings. The van der Waals surface area contributed by atoms with Gasteiger partial charge in [0, 0.05) is 11.1 Å². The Morgan fingerprint density at radius 3 is 1.94 bits per heavy atom. The molecule has 31 heavy (non-hydrogen) atoms. The largest absolute Gasteiger partial charge is 0.456 e. The van der Waals surface area contributed by atoms with Gasteiger partial charge < -0.3 is 24.5 Å². The van der Waals surface area contributed by atoms with Crippen molar-refractivity contribution in [1.29, 1.82) is 0 Å². The van der Waals surface area contributed by atoms with Gasteiger partial charge in [0.25, 0.3) is 6.29 Å². The van der Waals surface area contributed by atoms with Crippen LogP contribution in [0.4, 0.5) is 8.78 Å². The van der Waals surface area contributed by atoms with Crippen LogP contribution in [0.15, 0.2) is 10.5 Å². The molecule has 0 aliphatic heterocycles. The van der Waals surface area contributed by atoms with Gasteiger partial charge in [-0.1, -0.05) is 27.7 Å². The quantitative estimate of drug-likeness (QED) is 0.234. The molecule has 0 amide bonds. The molecule has 2 aromatic rings. The lowest BCUT2D eigenvalue weighted by molar-refractivity contribution is -0.168. The first-order valence-corrected chi connectivity index (χ1v) is 11.2. The van der Waals surface area contributed by atoms with Crippen molar-refractivity contribution in [3.05, 3.63) is 22.8 Å². The molecular weight excluding hydrogens is 442 g/mol. The minimum Gasteiger partial charge on any atom is -0.456 e. The number of carbonyl (C=O) groups is 1. The molecule has 2 aromatic heterocycles. The number of furan rings is 2. The van der Waals surface area contributed by atoms with E-state index >= 15 is 0 Å². The molecule has 0 radical (unpaired) electrons. The van der Waals surface area contributed by atoms with Gasteiger partial charge >= 0.3 is 21.3 Å². The lowest BCUT2D eigenvalue weighted by Gasteiger charge is -2.33. The standard InChI is InChI=1S/C19H26F2O9S/c1-5-17(24,6-2)12-11-9-10(14(29-11)13(12)18(25,7-3)8-4)15(22)30-16(23)19(20,21)31(26,27)28/h9,16,23-25H,5-8H2,1-4H3,(H,26,27,28). The lowest BCUT2D eigenvalue weighted by atomic mass is 9.77. The number of halogens is 2. The Morgan fingerprint density at radius 2 is 1.52 bits per heavy atom. The van der Waals surface area contributed by atoms with Crippen molar-refractivity contribution >= 4 is 27.3 Å². The number of alkyl halides is 2. The summed E-state index contributed by atoms with van der Waals surface area (Å²) in [6, 6.07) is 1.09. The second-order valence-corrected chi connectivity index (χ2v) is 8.87. The van der Waals surface area contributed by atoms with E-state index in [1.807, 2.05) is 0 Å². The molecule has 0 aliphatic rings. The van der Waals surface area contributed by atoms with E-state index in [1.165, 1.54) is 0 Å². The van der Waals surface area contributed by atoms with Crippen LogP contribution in [-0.4, -0.2) is 45.8 Å². The van der Waals surface area contributed by atoms with E-state index in [1.54, 1.807) is 27.7 Å². The zero-order valence-electron chi connectivity index (χ0n) is 17.5. The van der Waals surface area contributed by atoms with Crippen molar-refractivity contribution in [3.8, 4) is 0 Å². The number of aliphatic hydroxyl groups excluding tert-OH is 1. The van der Waals surface area contributed by atoms with Crippen LogP contribution in [0.5, 0.6) is 0 Å². The first kappa shape index (κ1) is 25.4. The third-order valence-corrected chi connectivity index (χ3v) is 6.69. The van der Waals surface area contributed by atoms with Crippen molar-refractivity contribution in [2.24, 2.45) is 0 Å². The fraction of sp³-hybridized carbons (Fsp3) is 0.632. The van der Waals surface area contributed by atoms with Gasteiger partial charge in [0.2, 0.25) is 0 Å². The minimum absolute atomic E-state index is 0.0134. The molecule has 1 unspecified atom stereocenters. The lowest BCUT2D eigenvalue weighted by Crippen LogP contribution is -2.43. The summed E-state index contributed by atoms with van der Waals surface area (Å²) in [7, 11) is -6.06. The first-order chi connectivity index (χ1) is 14.1. The van der Waals surface area contributed by atoms with E-state index in [0.717, 1.165) is 6.07 Å². The highest BCUT2D eigenvalue weighted by molar-refractivity contribution is 7.86. The Balaban J connectivity index is 2.62. The van der Waals surface area contributed by atoms with Crippen LogP contribution < -0.4 is 0 Å². The number of hydrogen-bond donors (Lipinski definition) is 4. The van der Waals surface area contributed by atoms with Gasteiger partial charge in [-0.15, -0.1) is 0 Å². The topological polar surface area (TPSA) is 154 Å². The number of rotatable bonds is 10. The predicted molar refractivity (Wildman–Crippen MR) is 104 cm³/mol. The third kappa shape index (κ3) is 4.02. The number of esters is 1. The van der Waals surface area contributed by atoms with Crippen molar-refractivity contribution < 1.29 is 51.0 Å².